The third kappa shape index (κ3) is 4.24. The zero-order valence-corrected chi connectivity index (χ0v) is 14.8. The average molecular weight is 368 g/mol. The van der Waals surface area contributed by atoms with Crippen LogP contribution in [0.2, 0.25) is 0 Å². The van der Waals surface area contributed by atoms with Crippen LogP contribution in [0.25, 0.3) is 5.69 Å². The Bertz CT molecular complexity index is 725. The van der Waals surface area contributed by atoms with E-state index in [0.717, 1.165) is 11.6 Å². The summed E-state index contributed by atoms with van der Waals surface area (Å²) in [4.78, 5) is 12.4. The molecule has 1 aromatic carbocycles. The lowest BCUT2D eigenvalue weighted by Gasteiger charge is -2.28. The minimum absolute atomic E-state index is 0.0871. The highest BCUT2D eigenvalue weighted by molar-refractivity contribution is 5.82. The SMILES string of the molecule is CCC(CC)(CN)C(=O)NCc1ccc(-n2ccc(C(F)(F)F)n2)cc1. The predicted octanol–water partition coefficient (Wildman–Crippen LogP) is 3.27. The van der Waals surface area contributed by atoms with Crippen molar-refractivity contribution in [3.8, 4) is 5.69 Å². The fraction of sp³-hybridized carbons (Fsp3) is 0.444. The standard InChI is InChI=1S/C18H23F3N4O/c1-3-17(4-2,12-22)16(26)23-11-13-5-7-14(8-6-13)25-10-9-15(24-25)18(19,20)21/h5-10H,3-4,11-12,22H2,1-2H3,(H,23,26). The van der Waals surface area contributed by atoms with E-state index in [1.54, 1.807) is 24.3 Å². The Morgan fingerprint density at radius 1 is 1.15 bits per heavy atom. The molecule has 2 rings (SSSR count). The Morgan fingerprint density at radius 2 is 1.77 bits per heavy atom. The number of hydrogen-bond acceptors (Lipinski definition) is 3. The largest absolute Gasteiger partial charge is 0.435 e. The number of nitrogens with two attached hydrogens (primary N) is 1. The molecule has 0 saturated carbocycles. The van der Waals surface area contributed by atoms with Crippen molar-refractivity contribution in [1.82, 2.24) is 15.1 Å². The highest BCUT2D eigenvalue weighted by Crippen LogP contribution is 2.28. The van der Waals surface area contributed by atoms with Gasteiger partial charge < -0.3 is 11.1 Å². The van der Waals surface area contributed by atoms with Crippen molar-refractivity contribution < 1.29 is 18.0 Å². The molecule has 0 aliphatic carbocycles. The lowest BCUT2D eigenvalue weighted by molar-refractivity contribution is -0.141. The molecule has 0 bridgehead atoms. The van der Waals surface area contributed by atoms with E-state index in [4.69, 9.17) is 5.73 Å². The average Bonchev–Trinajstić information content (AvgIpc) is 3.13. The summed E-state index contributed by atoms with van der Waals surface area (Å²) in [5, 5.41) is 6.41. The number of nitrogens with one attached hydrogen (secondary N) is 1. The first kappa shape index (κ1) is 20.0. The Morgan fingerprint density at radius 3 is 2.23 bits per heavy atom. The van der Waals surface area contributed by atoms with Gasteiger partial charge in [0.2, 0.25) is 5.91 Å². The minimum atomic E-state index is -4.47. The van der Waals surface area contributed by atoms with Crippen LogP contribution in [0.3, 0.4) is 0 Å². The van der Waals surface area contributed by atoms with E-state index in [9.17, 15) is 18.0 Å². The summed E-state index contributed by atoms with van der Waals surface area (Å²) in [7, 11) is 0. The normalized spacial score (nSPS) is 12.2. The number of halogens is 3. The second-order valence-corrected chi connectivity index (χ2v) is 6.18. The Labute approximate surface area is 150 Å². The van der Waals surface area contributed by atoms with E-state index < -0.39 is 17.3 Å². The lowest BCUT2D eigenvalue weighted by Crippen LogP contribution is -2.45. The summed E-state index contributed by atoms with van der Waals surface area (Å²) in [6, 6.07) is 7.73. The number of nitrogens with zero attached hydrogens (tertiary/aromatic N) is 2. The van der Waals surface area contributed by atoms with Gasteiger partial charge in [0.25, 0.3) is 0 Å². The predicted molar refractivity (Wildman–Crippen MR) is 92.5 cm³/mol. The zero-order chi connectivity index (χ0) is 19.4. The van der Waals surface area contributed by atoms with E-state index in [2.05, 4.69) is 10.4 Å². The van der Waals surface area contributed by atoms with Crippen LogP contribution in [-0.2, 0) is 17.5 Å². The number of amides is 1. The number of hydrogen-bond donors (Lipinski definition) is 2. The molecule has 1 aromatic heterocycles. The molecule has 1 heterocycles. The molecule has 142 valence electrons. The molecule has 0 saturated heterocycles. The molecule has 0 fully saturated rings. The first-order valence-corrected chi connectivity index (χ1v) is 8.46. The van der Waals surface area contributed by atoms with E-state index in [-0.39, 0.29) is 12.5 Å². The summed E-state index contributed by atoms with van der Waals surface area (Å²) < 4.78 is 39.0. The number of rotatable bonds is 7. The van der Waals surface area contributed by atoms with E-state index >= 15 is 0 Å². The summed E-state index contributed by atoms with van der Waals surface area (Å²) in [5.74, 6) is -0.0871. The van der Waals surface area contributed by atoms with Crippen LogP contribution < -0.4 is 11.1 Å². The smallest absolute Gasteiger partial charge is 0.352 e. The number of alkyl halides is 3. The molecule has 26 heavy (non-hydrogen) atoms. The Hall–Kier alpha value is -2.35. The van der Waals surface area contributed by atoms with Crippen molar-refractivity contribution in [2.75, 3.05) is 6.54 Å². The van der Waals surface area contributed by atoms with Crippen molar-refractivity contribution in [2.24, 2.45) is 11.1 Å². The molecule has 1 amide bonds. The van der Waals surface area contributed by atoms with Gasteiger partial charge in [-0.2, -0.15) is 18.3 Å². The summed E-state index contributed by atoms with van der Waals surface area (Å²) >= 11 is 0. The highest BCUT2D eigenvalue weighted by atomic mass is 19.4. The second kappa shape index (κ2) is 7.90. The fourth-order valence-corrected chi connectivity index (χ4v) is 2.71. The molecule has 0 spiro atoms. The van der Waals surface area contributed by atoms with E-state index in [1.807, 2.05) is 13.8 Å². The monoisotopic (exact) mass is 368 g/mol. The quantitative estimate of drug-likeness (QED) is 0.788. The molecular formula is C18H23F3N4O. The first-order valence-electron chi connectivity index (χ1n) is 8.46. The summed E-state index contributed by atoms with van der Waals surface area (Å²) in [6.07, 6.45) is -1.89. The molecule has 0 aliphatic rings. The van der Waals surface area contributed by atoms with Gasteiger partial charge in [-0.1, -0.05) is 26.0 Å². The van der Waals surface area contributed by atoms with Crippen LogP contribution in [0, 0.1) is 5.41 Å². The molecule has 8 heteroatoms. The van der Waals surface area contributed by atoms with Crippen molar-refractivity contribution in [3.63, 3.8) is 0 Å². The van der Waals surface area contributed by atoms with Gasteiger partial charge in [-0.25, -0.2) is 4.68 Å². The molecule has 0 unspecified atom stereocenters. The number of carbonyl (C=O) groups excluding carboxylic acids is 1. The number of carbonyl (C=O) groups is 1. The first-order chi connectivity index (χ1) is 12.3. The van der Waals surface area contributed by atoms with Crippen molar-refractivity contribution >= 4 is 5.91 Å². The van der Waals surface area contributed by atoms with Crippen LogP contribution in [0.1, 0.15) is 37.9 Å². The number of benzene rings is 1. The van der Waals surface area contributed by atoms with E-state index in [1.165, 1.54) is 10.9 Å². The molecule has 0 radical (unpaired) electrons. The van der Waals surface area contributed by atoms with Gasteiger partial charge in [0.05, 0.1) is 11.1 Å². The van der Waals surface area contributed by atoms with Crippen molar-refractivity contribution in [3.05, 3.63) is 47.8 Å². The Kier molecular flexibility index (Phi) is 6.07. The molecular weight excluding hydrogens is 345 g/mol. The van der Waals surface area contributed by atoms with Crippen LogP contribution in [0.4, 0.5) is 13.2 Å². The Balaban J connectivity index is 2.04. The van der Waals surface area contributed by atoms with Gasteiger partial charge in [-0.15, -0.1) is 0 Å². The van der Waals surface area contributed by atoms with Gasteiger partial charge in [0.1, 0.15) is 0 Å². The summed E-state index contributed by atoms with van der Waals surface area (Å²) in [6.45, 7) is 4.48. The van der Waals surface area contributed by atoms with Crippen LogP contribution in [0.5, 0.6) is 0 Å². The minimum Gasteiger partial charge on any atom is -0.352 e. The van der Waals surface area contributed by atoms with Gasteiger partial charge >= 0.3 is 6.18 Å². The van der Waals surface area contributed by atoms with Crippen LogP contribution in [0.15, 0.2) is 36.5 Å². The lowest BCUT2D eigenvalue weighted by atomic mass is 9.81. The second-order valence-electron chi connectivity index (χ2n) is 6.18. The van der Waals surface area contributed by atoms with Crippen molar-refractivity contribution in [2.45, 2.75) is 39.4 Å². The number of aromatic nitrogens is 2. The zero-order valence-electron chi connectivity index (χ0n) is 14.8. The third-order valence-electron chi connectivity index (χ3n) is 4.76. The molecule has 0 aliphatic heterocycles. The van der Waals surface area contributed by atoms with Gasteiger partial charge in [-0.05, 0) is 36.6 Å². The van der Waals surface area contributed by atoms with E-state index in [0.29, 0.717) is 25.1 Å². The molecule has 2 aromatic rings. The van der Waals surface area contributed by atoms with Crippen molar-refractivity contribution in [1.29, 1.82) is 0 Å². The summed E-state index contributed by atoms with van der Waals surface area (Å²) in [5.41, 5.74) is 5.60. The topological polar surface area (TPSA) is 72.9 Å². The highest BCUT2D eigenvalue weighted by Gasteiger charge is 2.34. The van der Waals surface area contributed by atoms with Gasteiger partial charge in [0, 0.05) is 19.3 Å². The molecule has 3 N–H and O–H groups in total. The maximum Gasteiger partial charge on any atom is 0.435 e. The fourth-order valence-electron chi connectivity index (χ4n) is 2.71. The maximum absolute atomic E-state index is 12.6. The van der Waals surface area contributed by atoms with Crippen LogP contribution in [-0.4, -0.2) is 22.2 Å². The van der Waals surface area contributed by atoms with Gasteiger partial charge in [0.15, 0.2) is 5.69 Å². The molecule has 0 atom stereocenters. The van der Waals surface area contributed by atoms with Crippen LogP contribution >= 0.6 is 0 Å². The van der Waals surface area contributed by atoms with Gasteiger partial charge in [-0.3, -0.25) is 4.79 Å². The maximum atomic E-state index is 12.6. The third-order valence-corrected chi connectivity index (χ3v) is 4.76. The molecule has 5 nitrogen and oxygen atoms in total.